The third-order valence-electron chi connectivity index (χ3n) is 3.26. The van der Waals surface area contributed by atoms with Gasteiger partial charge in [-0.25, -0.2) is 0 Å². The number of ether oxygens (including phenoxy) is 1. The number of hydrogen-bond acceptors (Lipinski definition) is 3. The van der Waals surface area contributed by atoms with Gasteiger partial charge < -0.3 is 15.4 Å². The lowest BCUT2D eigenvalue weighted by molar-refractivity contribution is 0.103. The van der Waals surface area contributed by atoms with Gasteiger partial charge in [-0.3, -0.25) is 0 Å². The second-order valence-electron chi connectivity index (χ2n) is 4.40. The molecule has 2 aliphatic rings. The molecule has 0 aromatic rings. The van der Waals surface area contributed by atoms with Crippen molar-refractivity contribution in [2.45, 2.75) is 44.2 Å². The maximum Gasteiger partial charge on any atom is 0.0588 e. The van der Waals surface area contributed by atoms with E-state index >= 15 is 0 Å². The first-order chi connectivity index (χ1) is 6.95. The van der Waals surface area contributed by atoms with Crippen molar-refractivity contribution in [1.82, 2.24) is 10.6 Å². The van der Waals surface area contributed by atoms with E-state index in [9.17, 15) is 0 Å². The van der Waals surface area contributed by atoms with Gasteiger partial charge in [0.1, 0.15) is 0 Å². The van der Waals surface area contributed by atoms with E-state index in [1.165, 1.54) is 45.2 Å². The van der Waals surface area contributed by atoms with Crippen molar-refractivity contribution >= 4 is 0 Å². The molecule has 0 bridgehead atoms. The topological polar surface area (TPSA) is 33.3 Å². The Hall–Kier alpha value is -0.120. The summed E-state index contributed by atoms with van der Waals surface area (Å²) in [6.07, 6.45) is 6.84. The predicted molar refractivity (Wildman–Crippen MR) is 57.5 cm³/mol. The van der Waals surface area contributed by atoms with Crippen LogP contribution in [0.4, 0.5) is 0 Å². The number of nitrogens with one attached hydrogen (secondary N) is 2. The fourth-order valence-electron chi connectivity index (χ4n) is 2.35. The highest BCUT2D eigenvalue weighted by Gasteiger charge is 2.16. The molecule has 82 valence electrons. The fourth-order valence-corrected chi connectivity index (χ4v) is 2.35. The summed E-state index contributed by atoms with van der Waals surface area (Å²) in [6.45, 7) is 4.47. The molecular formula is C11H22N2O. The summed E-state index contributed by atoms with van der Waals surface area (Å²) in [5, 5.41) is 7.01. The van der Waals surface area contributed by atoms with Crippen LogP contribution >= 0.6 is 0 Å². The molecule has 2 fully saturated rings. The van der Waals surface area contributed by atoms with E-state index in [1.54, 1.807) is 0 Å². The molecule has 0 aliphatic carbocycles. The van der Waals surface area contributed by atoms with Gasteiger partial charge in [-0.05, 0) is 51.7 Å². The Labute approximate surface area is 86.6 Å². The van der Waals surface area contributed by atoms with Crippen LogP contribution in [0.2, 0.25) is 0 Å². The minimum absolute atomic E-state index is 0.546. The lowest BCUT2D eigenvalue weighted by Crippen LogP contribution is -2.40. The Morgan fingerprint density at radius 2 is 2.07 bits per heavy atom. The van der Waals surface area contributed by atoms with Crippen LogP contribution in [0.5, 0.6) is 0 Å². The van der Waals surface area contributed by atoms with Crippen molar-refractivity contribution in [2.75, 3.05) is 26.2 Å². The van der Waals surface area contributed by atoms with Gasteiger partial charge in [-0.2, -0.15) is 0 Å². The first-order valence-electron chi connectivity index (χ1n) is 6.01. The van der Waals surface area contributed by atoms with Crippen LogP contribution in [0.25, 0.3) is 0 Å². The Kier molecular flexibility index (Phi) is 4.22. The quantitative estimate of drug-likeness (QED) is 0.704. The Morgan fingerprint density at radius 1 is 1.21 bits per heavy atom. The number of rotatable bonds is 4. The van der Waals surface area contributed by atoms with Gasteiger partial charge in [0.2, 0.25) is 0 Å². The van der Waals surface area contributed by atoms with Gasteiger partial charge in [0.15, 0.2) is 0 Å². The summed E-state index contributed by atoms with van der Waals surface area (Å²) in [5.41, 5.74) is 0. The highest BCUT2D eigenvalue weighted by molar-refractivity contribution is 4.75. The average Bonchev–Trinajstić information content (AvgIpc) is 2.72. The second kappa shape index (κ2) is 5.69. The van der Waals surface area contributed by atoms with Crippen molar-refractivity contribution in [1.29, 1.82) is 0 Å². The molecule has 2 aliphatic heterocycles. The third-order valence-corrected chi connectivity index (χ3v) is 3.26. The average molecular weight is 198 g/mol. The van der Waals surface area contributed by atoms with E-state index in [1.807, 2.05) is 0 Å². The first-order valence-corrected chi connectivity index (χ1v) is 6.01. The van der Waals surface area contributed by atoms with Crippen LogP contribution in [-0.4, -0.2) is 38.4 Å². The zero-order chi connectivity index (χ0) is 9.64. The van der Waals surface area contributed by atoms with Crippen molar-refractivity contribution in [3.8, 4) is 0 Å². The summed E-state index contributed by atoms with van der Waals surface area (Å²) >= 11 is 0. The van der Waals surface area contributed by atoms with Gasteiger partial charge in [0, 0.05) is 12.6 Å². The molecule has 2 N–H and O–H groups in total. The van der Waals surface area contributed by atoms with Gasteiger partial charge in [0.05, 0.1) is 6.10 Å². The van der Waals surface area contributed by atoms with Crippen LogP contribution in [-0.2, 0) is 4.74 Å². The highest BCUT2D eigenvalue weighted by Crippen LogP contribution is 2.14. The lowest BCUT2D eigenvalue weighted by Gasteiger charge is -2.24. The molecule has 14 heavy (non-hydrogen) atoms. The van der Waals surface area contributed by atoms with Crippen LogP contribution < -0.4 is 10.6 Å². The van der Waals surface area contributed by atoms with Crippen LogP contribution in [0, 0.1) is 0 Å². The Morgan fingerprint density at radius 3 is 2.79 bits per heavy atom. The second-order valence-corrected chi connectivity index (χ2v) is 4.40. The van der Waals surface area contributed by atoms with E-state index in [2.05, 4.69) is 10.6 Å². The standard InChI is InChI=1S/C11H22N2O/c1-2-11(14-9-1)5-8-13-10-3-6-12-7-4-10/h10-13H,1-9H2. The lowest BCUT2D eigenvalue weighted by atomic mass is 10.1. The van der Waals surface area contributed by atoms with E-state index in [0.29, 0.717) is 6.10 Å². The molecule has 3 nitrogen and oxygen atoms in total. The van der Waals surface area contributed by atoms with Gasteiger partial charge in [-0.1, -0.05) is 0 Å². The zero-order valence-corrected chi connectivity index (χ0v) is 8.93. The summed E-state index contributed by atoms with van der Waals surface area (Å²) < 4.78 is 5.59. The monoisotopic (exact) mass is 198 g/mol. The minimum Gasteiger partial charge on any atom is -0.378 e. The molecule has 2 rings (SSSR count). The molecule has 1 atom stereocenters. The SMILES string of the molecule is C1COC(CCNC2CCNCC2)C1. The van der Waals surface area contributed by atoms with Crippen LogP contribution in [0.3, 0.4) is 0 Å². The maximum atomic E-state index is 5.59. The molecule has 2 saturated heterocycles. The van der Waals surface area contributed by atoms with Gasteiger partial charge in [0.25, 0.3) is 0 Å². The Bertz CT molecular complexity index is 151. The van der Waals surface area contributed by atoms with E-state index in [0.717, 1.165) is 19.2 Å². The summed E-state index contributed by atoms with van der Waals surface area (Å²) in [7, 11) is 0. The number of hydrogen-bond donors (Lipinski definition) is 2. The molecule has 0 amide bonds. The van der Waals surface area contributed by atoms with Gasteiger partial charge >= 0.3 is 0 Å². The Balaban J connectivity index is 1.52. The molecule has 0 aromatic heterocycles. The van der Waals surface area contributed by atoms with E-state index in [-0.39, 0.29) is 0 Å². The molecule has 0 radical (unpaired) electrons. The normalized spacial score (nSPS) is 29.6. The predicted octanol–water partition coefficient (Wildman–Crippen LogP) is 0.897. The third kappa shape index (κ3) is 3.23. The van der Waals surface area contributed by atoms with Crippen molar-refractivity contribution in [3.05, 3.63) is 0 Å². The molecule has 0 aromatic carbocycles. The molecular weight excluding hydrogens is 176 g/mol. The van der Waals surface area contributed by atoms with Crippen LogP contribution in [0.1, 0.15) is 32.1 Å². The van der Waals surface area contributed by atoms with Crippen molar-refractivity contribution in [2.24, 2.45) is 0 Å². The summed E-state index contributed by atoms with van der Waals surface area (Å²) in [5.74, 6) is 0. The van der Waals surface area contributed by atoms with E-state index in [4.69, 9.17) is 4.74 Å². The van der Waals surface area contributed by atoms with Crippen LogP contribution in [0.15, 0.2) is 0 Å². The fraction of sp³-hybridized carbons (Fsp3) is 1.00. The smallest absolute Gasteiger partial charge is 0.0588 e. The summed E-state index contributed by atoms with van der Waals surface area (Å²) in [4.78, 5) is 0. The maximum absolute atomic E-state index is 5.59. The molecule has 2 heterocycles. The van der Waals surface area contributed by atoms with Gasteiger partial charge in [-0.15, -0.1) is 0 Å². The highest BCUT2D eigenvalue weighted by atomic mass is 16.5. The first kappa shape index (κ1) is 10.4. The molecule has 0 saturated carbocycles. The number of piperidine rings is 1. The molecule has 0 spiro atoms. The minimum atomic E-state index is 0.546. The zero-order valence-electron chi connectivity index (χ0n) is 8.93. The summed E-state index contributed by atoms with van der Waals surface area (Å²) in [6, 6.07) is 0.748. The molecule has 1 unspecified atom stereocenters. The van der Waals surface area contributed by atoms with Crippen molar-refractivity contribution < 1.29 is 4.74 Å². The molecule has 3 heteroatoms. The van der Waals surface area contributed by atoms with Crippen molar-refractivity contribution in [3.63, 3.8) is 0 Å². The van der Waals surface area contributed by atoms with E-state index < -0.39 is 0 Å². The largest absolute Gasteiger partial charge is 0.378 e.